The maximum absolute atomic E-state index is 13.3. The van der Waals surface area contributed by atoms with Crippen LogP contribution in [-0.4, -0.2) is 11.7 Å². The molecule has 0 spiro atoms. The van der Waals surface area contributed by atoms with E-state index in [2.05, 4.69) is 4.99 Å². The molecule has 0 N–H and O–H groups in total. The van der Waals surface area contributed by atoms with Crippen LogP contribution in [0.4, 0.5) is 10.1 Å². The third-order valence-electron chi connectivity index (χ3n) is 3.87. The molecule has 3 nitrogen and oxygen atoms in total. The lowest BCUT2D eigenvalue weighted by Gasteiger charge is -2.18. The van der Waals surface area contributed by atoms with Gasteiger partial charge in [-0.2, -0.15) is 0 Å². The zero-order chi connectivity index (χ0) is 18.1. The summed E-state index contributed by atoms with van der Waals surface area (Å²) in [5.74, 6) is -0.129. The SMILES string of the molecule is O=C1/C(=C\c2cccs2)N=C(c2ccc(Cl)cc2)N1c1ccc(F)cc1. The molecule has 0 aliphatic carbocycles. The number of hydrogen-bond donors (Lipinski definition) is 0. The molecule has 0 fully saturated rings. The molecular formula is C20H12ClFN2OS. The highest BCUT2D eigenvalue weighted by Gasteiger charge is 2.32. The lowest BCUT2D eigenvalue weighted by Crippen LogP contribution is -2.32. The fourth-order valence-electron chi connectivity index (χ4n) is 2.65. The van der Waals surface area contributed by atoms with Gasteiger partial charge >= 0.3 is 0 Å². The van der Waals surface area contributed by atoms with Crippen LogP contribution in [0, 0.1) is 5.82 Å². The van der Waals surface area contributed by atoms with Gasteiger partial charge in [-0.3, -0.25) is 9.69 Å². The standard InChI is InChI=1S/C20H12ClFN2OS/c21-14-5-3-13(4-6-14)19-23-18(12-17-2-1-11-26-17)20(25)24(19)16-9-7-15(22)8-10-16/h1-12H/b18-12+. The lowest BCUT2D eigenvalue weighted by molar-refractivity contribution is -0.113. The van der Waals surface area contributed by atoms with Gasteiger partial charge in [-0.05, 0) is 66.1 Å². The summed E-state index contributed by atoms with van der Waals surface area (Å²) in [6.07, 6.45) is 1.76. The maximum atomic E-state index is 13.3. The van der Waals surface area contributed by atoms with E-state index in [1.54, 1.807) is 42.5 Å². The Hall–Kier alpha value is -2.76. The Bertz CT molecular complexity index is 1010. The van der Waals surface area contributed by atoms with Crippen LogP contribution in [0.5, 0.6) is 0 Å². The predicted molar refractivity (Wildman–Crippen MR) is 104 cm³/mol. The molecule has 128 valence electrons. The van der Waals surface area contributed by atoms with E-state index in [1.807, 2.05) is 17.5 Å². The van der Waals surface area contributed by atoms with Crippen molar-refractivity contribution in [1.29, 1.82) is 0 Å². The van der Waals surface area contributed by atoms with Gasteiger partial charge in [0.05, 0.1) is 5.69 Å². The maximum Gasteiger partial charge on any atom is 0.282 e. The number of carbonyl (C=O) groups excluding carboxylic acids is 1. The first-order valence-electron chi connectivity index (χ1n) is 7.82. The van der Waals surface area contributed by atoms with Crippen LogP contribution < -0.4 is 4.90 Å². The molecule has 0 saturated heterocycles. The quantitative estimate of drug-likeness (QED) is 0.560. The van der Waals surface area contributed by atoms with Crippen molar-refractivity contribution in [3.8, 4) is 0 Å². The summed E-state index contributed by atoms with van der Waals surface area (Å²) in [4.78, 5) is 20.0. The predicted octanol–water partition coefficient (Wildman–Crippen LogP) is 5.38. The van der Waals surface area contributed by atoms with Gasteiger partial charge in [-0.25, -0.2) is 9.38 Å². The Morgan fingerprint density at radius 3 is 2.42 bits per heavy atom. The van der Waals surface area contributed by atoms with Gasteiger partial charge < -0.3 is 0 Å². The van der Waals surface area contributed by atoms with E-state index < -0.39 is 0 Å². The molecule has 0 bridgehead atoms. The second-order valence-electron chi connectivity index (χ2n) is 5.60. The van der Waals surface area contributed by atoms with Gasteiger partial charge in [0.2, 0.25) is 0 Å². The number of aliphatic imine (C=N–C) groups is 1. The number of rotatable bonds is 3. The molecule has 4 rings (SSSR count). The summed E-state index contributed by atoms with van der Waals surface area (Å²) >= 11 is 7.50. The number of benzene rings is 2. The number of nitrogens with zero attached hydrogens (tertiary/aromatic N) is 2. The molecule has 1 aliphatic rings. The smallest absolute Gasteiger partial charge is 0.266 e. The van der Waals surface area contributed by atoms with Gasteiger partial charge in [0, 0.05) is 15.5 Å². The second kappa shape index (κ2) is 6.86. The number of anilines is 1. The Morgan fingerprint density at radius 1 is 1.04 bits per heavy atom. The van der Waals surface area contributed by atoms with Crippen molar-refractivity contribution in [2.75, 3.05) is 4.90 Å². The minimum atomic E-state index is -0.361. The molecule has 0 atom stereocenters. The van der Waals surface area contributed by atoms with E-state index in [1.165, 1.54) is 28.4 Å². The number of carbonyl (C=O) groups is 1. The molecule has 0 saturated carbocycles. The number of thiophene rings is 1. The van der Waals surface area contributed by atoms with Gasteiger partial charge in [-0.15, -0.1) is 11.3 Å². The topological polar surface area (TPSA) is 32.7 Å². The van der Waals surface area contributed by atoms with Crippen molar-refractivity contribution in [3.63, 3.8) is 0 Å². The van der Waals surface area contributed by atoms with E-state index in [9.17, 15) is 9.18 Å². The first-order chi connectivity index (χ1) is 12.6. The van der Waals surface area contributed by atoms with Crippen LogP contribution in [-0.2, 0) is 4.79 Å². The zero-order valence-corrected chi connectivity index (χ0v) is 15.0. The zero-order valence-electron chi connectivity index (χ0n) is 13.4. The molecule has 2 aromatic carbocycles. The van der Waals surface area contributed by atoms with E-state index >= 15 is 0 Å². The number of amidine groups is 1. The highest BCUT2D eigenvalue weighted by Crippen LogP contribution is 2.29. The van der Waals surface area contributed by atoms with Crippen LogP contribution in [0.25, 0.3) is 6.08 Å². The van der Waals surface area contributed by atoms with Crippen LogP contribution in [0.15, 0.2) is 76.7 Å². The van der Waals surface area contributed by atoms with E-state index in [0.717, 1.165) is 10.4 Å². The van der Waals surface area contributed by atoms with Crippen molar-refractivity contribution < 1.29 is 9.18 Å². The second-order valence-corrected chi connectivity index (χ2v) is 7.02. The van der Waals surface area contributed by atoms with Crippen molar-refractivity contribution in [2.45, 2.75) is 0 Å². The van der Waals surface area contributed by atoms with E-state index in [4.69, 9.17) is 11.6 Å². The molecule has 0 radical (unpaired) electrons. The van der Waals surface area contributed by atoms with Crippen LogP contribution in [0.2, 0.25) is 5.02 Å². The largest absolute Gasteiger partial charge is 0.282 e. The molecular weight excluding hydrogens is 371 g/mol. The van der Waals surface area contributed by atoms with Gasteiger partial charge in [0.15, 0.2) is 0 Å². The fourth-order valence-corrected chi connectivity index (χ4v) is 3.42. The van der Waals surface area contributed by atoms with Crippen molar-refractivity contribution >= 4 is 46.4 Å². The molecule has 1 amide bonds. The van der Waals surface area contributed by atoms with Crippen molar-refractivity contribution in [2.24, 2.45) is 4.99 Å². The summed E-state index contributed by atoms with van der Waals surface area (Å²) in [5.41, 5.74) is 1.64. The summed E-state index contributed by atoms with van der Waals surface area (Å²) in [5, 5.41) is 2.54. The Kier molecular flexibility index (Phi) is 4.41. The average Bonchev–Trinajstić information content (AvgIpc) is 3.26. The molecule has 2 heterocycles. The van der Waals surface area contributed by atoms with Gasteiger partial charge in [0.1, 0.15) is 17.3 Å². The monoisotopic (exact) mass is 382 g/mol. The third-order valence-corrected chi connectivity index (χ3v) is 4.94. The molecule has 26 heavy (non-hydrogen) atoms. The van der Waals surface area contributed by atoms with Crippen LogP contribution >= 0.6 is 22.9 Å². The third kappa shape index (κ3) is 3.19. The minimum absolute atomic E-state index is 0.255. The minimum Gasteiger partial charge on any atom is -0.266 e. The average molecular weight is 383 g/mol. The number of amides is 1. The van der Waals surface area contributed by atoms with Crippen molar-refractivity contribution in [1.82, 2.24) is 0 Å². The van der Waals surface area contributed by atoms with Crippen LogP contribution in [0.1, 0.15) is 10.4 Å². The Morgan fingerprint density at radius 2 is 1.77 bits per heavy atom. The van der Waals surface area contributed by atoms with Crippen molar-refractivity contribution in [3.05, 3.63) is 93.0 Å². The molecule has 1 aliphatic heterocycles. The van der Waals surface area contributed by atoms with Gasteiger partial charge in [0.25, 0.3) is 5.91 Å². The summed E-state index contributed by atoms with van der Waals surface area (Å²) < 4.78 is 13.3. The Labute approximate surface area is 158 Å². The van der Waals surface area contributed by atoms with E-state index in [0.29, 0.717) is 22.2 Å². The first kappa shape index (κ1) is 16.7. The fraction of sp³-hybridized carbons (Fsp3) is 0. The first-order valence-corrected chi connectivity index (χ1v) is 9.07. The van der Waals surface area contributed by atoms with E-state index in [-0.39, 0.29) is 11.7 Å². The summed E-state index contributed by atoms with van der Waals surface area (Å²) in [6, 6.07) is 16.7. The molecule has 1 aromatic heterocycles. The van der Waals surface area contributed by atoms with Crippen LogP contribution in [0.3, 0.4) is 0 Å². The Balaban J connectivity index is 1.82. The number of halogens is 2. The summed E-state index contributed by atoms with van der Waals surface area (Å²) in [6.45, 7) is 0. The lowest BCUT2D eigenvalue weighted by atomic mass is 10.1. The highest BCUT2D eigenvalue weighted by atomic mass is 35.5. The molecule has 6 heteroatoms. The number of hydrogen-bond acceptors (Lipinski definition) is 3. The molecule has 0 unspecified atom stereocenters. The van der Waals surface area contributed by atoms with Gasteiger partial charge in [-0.1, -0.05) is 17.7 Å². The molecule has 3 aromatic rings. The summed E-state index contributed by atoms with van der Waals surface area (Å²) in [7, 11) is 0. The highest BCUT2D eigenvalue weighted by molar-refractivity contribution is 7.10. The normalized spacial score (nSPS) is 15.6.